The lowest BCUT2D eigenvalue weighted by atomic mass is 9.92. The molecule has 0 bridgehead atoms. The fourth-order valence-electron chi connectivity index (χ4n) is 4.40. The molecule has 1 fully saturated rings. The summed E-state index contributed by atoms with van der Waals surface area (Å²) in [6, 6.07) is 12.6. The van der Waals surface area contributed by atoms with E-state index in [2.05, 4.69) is 5.32 Å². The van der Waals surface area contributed by atoms with E-state index < -0.39 is 11.6 Å². The number of urea groups is 1. The molecule has 5 rings (SSSR count). The van der Waals surface area contributed by atoms with E-state index in [9.17, 15) is 14.4 Å². The summed E-state index contributed by atoms with van der Waals surface area (Å²) in [5, 5.41) is 3.41. The molecule has 0 aromatic heterocycles. The summed E-state index contributed by atoms with van der Waals surface area (Å²) in [5.74, 6) is 0.108. The minimum absolute atomic E-state index is 0.287. The van der Waals surface area contributed by atoms with Crippen molar-refractivity contribution in [2.45, 2.75) is 23.3 Å². The highest BCUT2D eigenvalue weighted by Crippen LogP contribution is 2.41. The number of imide groups is 1. The molecule has 1 aliphatic carbocycles. The van der Waals surface area contributed by atoms with Crippen LogP contribution in [0.2, 0.25) is 5.02 Å². The first-order chi connectivity index (χ1) is 14.0. The van der Waals surface area contributed by atoms with Crippen LogP contribution in [0.4, 0.5) is 10.5 Å². The molecule has 0 saturated carbocycles. The Bertz CT molecular complexity index is 1060. The average Bonchev–Trinajstić information content (AvgIpc) is 3.21. The highest BCUT2D eigenvalue weighted by molar-refractivity contribution is 7.99. The summed E-state index contributed by atoms with van der Waals surface area (Å²) in [6.07, 6.45) is 1.24. The molecule has 1 unspecified atom stereocenters. The molecule has 3 aliphatic rings. The molecule has 2 aliphatic heterocycles. The van der Waals surface area contributed by atoms with Gasteiger partial charge in [-0.25, -0.2) is 4.79 Å². The maximum atomic E-state index is 13.3. The lowest BCUT2D eigenvalue weighted by Crippen LogP contribution is -2.46. The van der Waals surface area contributed by atoms with E-state index in [1.54, 1.807) is 28.8 Å². The topological polar surface area (TPSA) is 69.7 Å². The van der Waals surface area contributed by atoms with Gasteiger partial charge in [0.15, 0.2) is 0 Å². The summed E-state index contributed by atoms with van der Waals surface area (Å²) in [5.41, 5.74) is 1.57. The standard InChI is InChI=1S/C21H18ClN3O3S/c22-14-5-6-17-16(11-14)24(9-10-29-17)18(26)12-25-19(27)21(23-20(25)28)8-7-13-3-1-2-4-15(13)21/h1-6,11H,7-10,12H2,(H,23,28). The number of halogens is 1. The summed E-state index contributed by atoms with van der Waals surface area (Å²) in [6.45, 7) is 0.222. The summed E-state index contributed by atoms with van der Waals surface area (Å²) in [7, 11) is 0. The number of nitrogens with one attached hydrogen (secondary N) is 1. The molecule has 8 heteroatoms. The first-order valence-electron chi connectivity index (χ1n) is 9.45. The molecule has 29 heavy (non-hydrogen) atoms. The molecule has 2 aromatic carbocycles. The molecule has 1 N–H and O–H groups in total. The Morgan fingerprint density at radius 1 is 1.21 bits per heavy atom. The number of rotatable bonds is 2. The number of hydrogen-bond acceptors (Lipinski definition) is 4. The number of carbonyl (C=O) groups is 3. The van der Waals surface area contributed by atoms with Crippen molar-refractivity contribution in [2.75, 3.05) is 23.7 Å². The number of fused-ring (bicyclic) bond motifs is 3. The van der Waals surface area contributed by atoms with Crippen molar-refractivity contribution < 1.29 is 14.4 Å². The van der Waals surface area contributed by atoms with Crippen molar-refractivity contribution in [3.63, 3.8) is 0 Å². The van der Waals surface area contributed by atoms with Gasteiger partial charge in [-0.3, -0.25) is 14.5 Å². The SMILES string of the molecule is O=C1NC2(CCc3ccccc32)C(=O)N1CC(=O)N1CCSc2ccc(Cl)cc21. The number of hydrogen-bond donors (Lipinski definition) is 1. The largest absolute Gasteiger partial charge is 0.325 e. The van der Waals surface area contributed by atoms with Gasteiger partial charge in [-0.2, -0.15) is 0 Å². The van der Waals surface area contributed by atoms with Gasteiger partial charge in [-0.05, 0) is 42.2 Å². The summed E-state index contributed by atoms with van der Waals surface area (Å²) in [4.78, 5) is 42.6. The molecule has 1 saturated heterocycles. The molecule has 4 amide bonds. The lowest BCUT2D eigenvalue weighted by Gasteiger charge is -2.30. The van der Waals surface area contributed by atoms with Crippen LogP contribution >= 0.6 is 23.4 Å². The van der Waals surface area contributed by atoms with Gasteiger partial charge in [0.25, 0.3) is 5.91 Å². The second-order valence-corrected chi connectivity index (χ2v) is 8.96. The predicted octanol–water partition coefficient (Wildman–Crippen LogP) is 3.17. The van der Waals surface area contributed by atoms with Crippen molar-refractivity contribution in [1.82, 2.24) is 10.2 Å². The minimum Gasteiger partial charge on any atom is -0.319 e. The van der Waals surface area contributed by atoms with Crippen molar-refractivity contribution in [3.05, 3.63) is 58.6 Å². The molecule has 0 radical (unpaired) electrons. The Kier molecular flexibility index (Phi) is 4.33. The van der Waals surface area contributed by atoms with Crippen molar-refractivity contribution in [1.29, 1.82) is 0 Å². The van der Waals surface area contributed by atoms with Gasteiger partial charge in [0.05, 0.1) is 5.69 Å². The second-order valence-electron chi connectivity index (χ2n) is 7.39. The van der Waals surface area contributed by atoms with Gasteiger partial charge in [0, 0.05) is 22.2 Å². The Hall–Kier alpha value is -2.51. The maximum Gasteiger partial charge on any atom is 0.325 e. The minimum atomic E-state index is -1.05. The lowest BCUT2D eigenvalue weighted by molar-refractivity contribution is -0.134. The van der Waals surface area contributed by atoms with Crippen LogP contribution < -0.4 is 10.2 Å². The summed E-state index contributed by atoms with van der Waals surface area (Å²) < 4.78 is 0. The van der Waals surface area contributed by atoms with Crippen LogP contribution in [0.5, 0.6) is 0 Å². The van der Waals surface area contributed by atoms with Gasteiger partial charge in [0.1, 0.15) is 12.1 Å². The third-order valence-electron chi connectivity index (χ3n) is 5.80. The molecule has 148 valence electrons. The Morgan fingerprint density at radius 2 is 2.03 bits per heavy atom. The number of aryl methyl sites for hydroxylation is 1. The van der Waals surface area contributed by atoms with E-state index >= 15 is 0 Å². The average molecular weight is 428 g/mol. The fourth-order valence-corrected chi connectivity index (χ4v) is 5.55. The van der Waals surface area contributed by atoms with Crippen molar-refractivity contribution >= 4 is 46.9 Å². The number of benzene rings is 2. The molecule has 6 nitrogen and oxygen atoms in total. The number of anilines is 1. The van der Waals surface area contributed by atoms with Crippen LogP contribution in [0.3, 0.4) is 0 Å². The van der Waals surface area contributed by atoms with Gasteiger partial charge in [-0.15, -0.1) is 11.8 Å². The second kappa shape index (κ2) is 6.78. The normalized spacial score (nSPS) is 22.7. The van der Waals surface area contributed by atoms with E-state index in [0.29, 0.717) is 18.0 Å². The zero-order valence-electron chi connectivity index (χ0n) is 15.5. The smallest absolute Gasteiger partial charge is 0.319 e. The van der Waals surface area contributed by atoms with E-state index in [-0.39, 0.29) is 18.4 Å². The van der Waals surface area contributed by atoms with Crippen LogP contribution in [0, 0.1) is 0 Å². The molecule has 1 spiro atoms. The quantitative estimate of drug-likeness (QED) is 0.747. The third kappa shape index (κ3) is 2.83. The fraction of sp³-hybridized carbons (Fsp3) is 0.286. The van der Waals surface area contributed by atoms with E-state index in [1.165, 1.54) is 0 Å². The highest BCUT2D eigenvalue weighted by Gasteiger charge is 2.55. The molecule has 2 aromatic rings. The Morgan fingerprint density at radius 3 is 2.90 bits per heavy atom. The van der Waals surface area contributed by atoms with E-state index in [1.807, 2.05) is 30.3 Å². The molecule has 1 atom stereocenters. The van der Waals surface area contributed by atoms with Gasteiger partial charge in [-0.1, -0.05) is 35.9 Å². The number of thioether (sulfide) groups is 1. The zero-order chi connectivity index (χ0) is 20.2. The van der Waals surface area contributed by atoms with E-state index in [0.717, 1.165) is 38.8 Å². The van der Waals surface area contributed by atoms with Crippen LogP contribution in [0.25, 0.3) is 0 Å². The molecular formula is C21H18ClN3O3S. The van der Waals surface area contributed by atoms with Crippen LogP contribution in [0.1, 0.15) is 17.5 Å². The molecule has 2 heterocycles. The Labute approximate surface area is 177 Å². The predicted molar refractivity (Wildman–Crippen MR) is 111 cm³/mol. The summed E-state index contributed by atoms with van der Waals surface area (Å²) >= 11 is 7.77. The highest BCUT2D eigenvalue weighted by atomic mass is 35.5. The number of nitrogens with zero attached hydrogens (tertiary/aromatic N) is 2. The third-order valence-corrected chi connectivity index (χ3v) is 7.08. The van der Waals surface area contributed by atoms with Crippen LogP contribution in [0.15, 0.2) is 47.4 Å². The maximum absolute atomic E-state index is 13.3. The number of amides is 4. The molecular weight excluding hydrogens is 410 g/mol. The van der Waals surface area contributed by atoms with Gasteiger partial charge in [0.2, 0.25) is 5.91 Å². The first-order valence-corrected chi connectivity index (χ1v) is 10.8. The zero-order valence-corrected chi connectivity index (χ0v) is 17.1. The van der Waals surface area contributed by atoms with Gasteiger partial charge < -0.3 is 10.2 Å². The monoisotopic (exact) mass is 427 g/mol. The number of carbonyl (C=O) groups excluding carboxylic acids is 3. The van der Waals surface area contributed by atoms with E-state index in [4.69, 9.17) is 11.6 Å². The Balaban J connectivity index is 1.41. The van der Waals surface area contributed by atoms with Crippen LogP contribution in [-0.4, -0.2) is 41.6 Å². The van der Waals surface area contributed by atoms with Gasteiger partial charge >= 0.3 is 6.03 Å². The van der Waals surface area contributed by atoms with Crippen molar-refractivity contribution in [3.8, 4) is 0 Å². The van der Waals surface area contributed by atoms with Crippen LogP contribution in [-0.2, 0) is 21.5 Å². The van der Waals surface area contributed by atoms with Crippen molar-refractivity contribution in [2.24, 2.45) is 0 Å². The first kappa shape index (κ1) is 18.5.